The van der Waals surface area contributed by atoms with E-state index in [1.165, 1.54) is 13.2 Å². The highest BCUT2D eigenvalue weighted by Gasteiger charge is 2.15. The smallest absolute Gasteiger partial charge is 0.341 e. The number of nitrogen functional groups attached to an aromatic ring is 1. The van der Waals surface area contributed by atoms with Crippen molar-refractivity contribution in [2.24, 2.45) is 0 Å². The lowest BCUT2D eigenvalue weighted by molar-refractivity contribution is 0.0598. The fraction of sp³-hybridized carbons (Fsp3) is 0.0714. The third-order valence-corrected chi connectivity index (χ3v) is 3.07. The minimum atomic E-state index is -0.551. The van der Waals surface area contributed by atoms with E-state index in [2.05, 4.69) is 0 Å². The Balaban J connectivity index is 2.43. The van der Waals surface area contributed by atoms with Gasteiger partial charge in [-0.1, -0.05) is 23.2 Å². The lowest BCUT2D eigenvalue weighted by atomic mass is 10.2. The molecule has 0 saturated carbocycles. The maximum Gasteiger partial charge on any atom is 0.341 e. The van der Waals surface area contributed by atoms with E-state index in [0.717, 1.165) is 0 Å². The Morgan fingerprint density at radius 1 is 1.10 bits per heavy atom. The Bertz CT molecular complexity index is 659. The van der Waals surface area contributed by atoms with Crippen LogP contribution in [0.15, 0.2) is 36.4 Å². The van der Waals surface area contributed by atoms with Gasteiger partial charge in [0.25, 0.3) is 0 Å². The molecule has 0 heterocycles. The van der Waals surface area contributed by atoms with Gasteiger partial charge in [-0.3, -0.25) is 0 Å². The van der Waals surface area contributed by atoms with Crippen LogP contribution in [0.4, 0.5) is 5.69 Å². The molecule has 0 aliphatic heterocycles. The van der Waals surface area contributed by atoms with Gasteiger partial charge in [0.1, 0.15) is 17.1 Å². The van der Waals surface area contributed by atoms with Crippen LogP contribution in [0.3, 0.4) is 0 Å². The second kappa shape index (κ2) is 6.03. The molecule has 4 nitrogen and oxygen atoms in total. The molecule has 0 atom stereocenters. The molecule has 0 saturated heterocycles. The first kappa shape index (κ1) is 14.5. The van der Waals surface area contributed by atoms with Crippen LogP contribution < -0.4 is 10.5 Å². The summed E-state index contributed by atoms with van der Waals surface area (Å²) in [5.74, 6) is 0.0785. The maximum atomic E-state index is 11.7. The average molecular weight is 312 g/mol. The van der Waals surface area contributed by atoms with Crippen molar-refractivity contribution in [3.8, 4) is 11.5 Å². The second-order valence-corrected chi connectivity index (χ2v) is 4.77. The predicted octanol–water partition coefficient (Wildman–Crippen LogP) is 4.15. The van der Waals surface area contributed by atoms with E-state index in [-0.39, 0.29) is 11.3 Å². The van der Waals surface area contributed by atoms with Crippen molar-refractivity contribution in [3.63, 3.8) is 0 Å². The normalized spacial score (nSPS) is 10.2. The number of methoxy groups -OCH3 is 1. The first-order chi connectivity index (χ1) is 9.51. The molecule has 0 spiro atoms. The molecule has 0 bridgehead atoms. The molecule has 0 aromatic heterocycles. The van der Waals surface area contributed by atoms with Crippen molar-refractivity contribution in [1.82, 2.24) is 0 Å². The molecule has 0 unspecified atom stereocenters. The summed E-state index contributed by atoms with van der Waals surface area (Å²) in [5.41, 5.74) is 6.29. The molecule has 0 radical (unpaired) electrons. The van der Waals surface area contributed by atoms with E-state index in [1.54, 1.807) is 30.3 Å². The molecule has 104 valence electrons. The second-order valence-electron chi connectivity index (χ2n) is 3.92. The molecule has 2 rings (SSSR count). The number of nitrogens with two attached hydrogens (primary N) is 1. The number of anilines is 1. The Morgan fingerprint density at radius 3 is 2.55 bits per heavy atom. The van der Waals surface area contributed by atoms with Crippen molar-refractivity contribution in [1.29, 1.82) is 0 Å². The minimum Gasteiger partial charge on any atom is -0.465 e. The SMILES string of the molecule is COC(=O)c1cc(N)ccc1Oc1cc(Cl)ccc1Cl. The van der Waals surface area contributed by atoms with Gasteiger partial charge < -0.3 is 15.2 Å². The van der Waals surface area contributed by atoms with Crippen LogP contribution in [0.1, 0.15) is 10.4 Å². The van der Waals surface area contributed by atoms with Crippen LogP contribution in [-0.2, 0) is 4.74 Å². The minimum absolute atomic E-state index is 0.212. The maximum absolute atomic E-state index is 11.7. The molecule has 20 heavy (non-hydrogen) atoms. The van der Waals surface area contributed by atoms with Gasteiger partial charge in [0.2, 0.25) is 0 Å². The Labute approximate surface area is 126 Å². The zero-order valence-electron chi connectivity index (χ0n) is 10.5. The van der Waals surface area contributed by atoms with E-state index in [0.29, 0.717) is 21.5 Å². The third-order valence-electron chi connectivity index (χ3n) is 2.52. The molecule has 2 aromatic carbocycles. The summed E-state index contributed by atoms with van der Waals surface area (Å²) in [5, 5.41) is 0.849. The van der Waals surface area contributed by atoms with E-state index in [9.17, 15) is 4.79 Å². The van der Waals surface area contributed by atoms with Gasteiger partial charge in [-0.2, -0.15) is 0 Å². The summed E-state index contributed by atoms with van der Waals surface area (Å²) in [6.07, 6.45) is 0. The molecule has 6 heteroatoms. The molecule has 0 aliphatic carbocycles. The number of benzene rings is 2. The van der Waals surface area contributed by atoms with Crippen LogP contribution in [0, 0.1) is 0 Å². The van der Waals surface area contributed by atoms with Crippen LogP contribution in [0.2, 0.25) is 10.0 Å². The topological polar surface area (TPSA) is 61.5 Å². The standard InChI is InChI=1S/C14H11Cl2NO3/c1-19-14(18)10-7-9(17)3-5-12(10)20-13-6-8(15)2-4-11(13)16/h2-7H,17H2,1H3. The fourth-order valence-corrected chi connectivity index (χ4v) is 1.90. The Kier molecular flexibility index (Phi) is 4.37. The van der Waals surface area contributed by atoms with Crippen LogP contribution in [0.5, 0.6) is 11.5 Å². The predicted molar refractivity (Wildman–Crippen MR) is 78.7 cm³/mol. The van der Waals surface area contributed by atoms with Crippen molar-refractivity contribution < 1.29 is 14.3 Å². The van der Waals surface area contributed by atoms with Gasteiger partial charge in [0, 0.05) is 16.8 Å². The van der Waals surface area contributed by atoms with Gasteiger partial charge in [-0.25, -0.2) is 4.79 Å². The highest BCUT2D eigenvalue weighted by molar-refractivity contribution is 6.34. The fourth-order valence-electron chi connectivity index (χ4n) is 1.58. The largest absolute Gasteiger partial charge is 0.465 e. The van der Waals surface area contributed by atoms with Crippen LogP contribution in [0.25, 0.3) is 0 Å². The van der Waals surface area contributed by atoms with E-state index >= 15 is 0 Å². The number of carbonyl (C=O) groups excluding carboxylic acids is 1. The van der Waals surface area contributed by atoms with E-state index in [1.807, 2.05) is 0 Å². The summed E-state index contributed by atoms with van der Waals surface area (Å²) in [4.78, 5) is 11.7. The highest BCUT2D eigenvalue weighted by atomic mass is 35.5. The molecule has 2 aromatic rings. The molecule has 0 fully saturated rings. The molecule has 2 N–H and O–H groups in total. The molecule has 0 amide bonds. The lowest BCUT2D eigenvalue weighted by Gasteiger charge is -2.12. The number of rotatable bonds is 3. The zero-order chi connectivity index (χ0) is 14.7. The summed E-state index contributed by atoms with van der Waals surface area (Å²) in [6, 6.07) is 9.45. The number of halogens is 2. The van der Waals surface area contributed by atoms with Gasteiger partial charge in [0.15, 0.2) is 0 Å². The molecular formula is C14H11Cl2NO3. The summed E-state index contributed by atoms with van der Waals surface area (Å²) >= 11 is 11.9. The zero-order valence-corrected chi connectivity index (χ0v) is 12.0. The molecule has 0 aliphatic rings. The third kappa shape index (κ3) is 3.15. The first-order valence-corrected chi connectivity index (χ1v) is 6.37. The number of hydrogen-bond acceptors (Lipinski definition) is 4. The van der Waals surface area contributed by atoms with Gasteiger partial charge in [0.05, 0.1) is 12.1 Å². The van der Waals surface area contributed by atoms with E-state index in [4.69, 9.17) is 38.4 Å². The van der Waals surface area contributed by atoms with Crippen molar-refractivity contribution in [2.75, 3.05) is 12.8 Å². The number of carbonyl (C=O) groups is 1. The van der Waals surface area contributed by atoms with Crippen LogP contribution in [-0.4, -0.2) is 13.1 Å². The average Bonchev–Trinajstić information content (AvgIpc) is 2.43. The highest BCUT2D eigenvalue weighted by Crippen LogP contribution is 2.34. The summed E-state index contributed by atoms with van der Waals surface area (Å²) in [6.45, 7) is 0. The lowest BCUT2D eigenvalue weighted by Crippen LogP contribution is -2.04. The molecular weight excluding hydrogens is 301 g/mol. The Morgan fingerprint density at radius 2 is 1.85 bits per heavy atom. The summed E-state index contributed by atoms with van der Waals surface area (Å²) in [7, 11) is 1.28. The quantitative estimate of drug-likeness (QED) is 0.683. The summed E-state index contributed by atoms with van der Waals surface area (Å²) < 4.78 is 10.3. The number of ether oxygens (including phenoxy) is 2. The van der Waals surface area contributed by atoms with Gasteiger partial charge >= 0.3 is 5.97 Å². The van der Waals surface area contributed by atoms with Gasteiger partial charge in [-0.15, -0.1) is 0 Å². The number of hydrogen-bond donors (Lipinski definition) is 1. The van der Waals surface area contributed by atoms with Crippen molar-refractivity contribution >= 4 is 34.9 Å². The van der Waals surface area contributed by atoms with E-state index < -0.39 is 5.97 Å². The van der Waals surface area contributed by atoms with Gasteiger partial charge in [-0.05, 0) is 30.3 Å². The van der Waals surface area contributed by atoms with Crippen LogP contribution >= 0.6 is 23.2 Å². The monoisotopic (exact) mass is 311 g/mol. The first-order valence-electron chi connectivity index (χ1n) is 5.62. The van der Waals surface area contributed by atoms with Crippen molar-refractivity contribution in [3.05, 3.63) is 52.0 Å². The number of esters is 1. The van der Waals surface area contributed by atoms with Crippen molar-refractivity contribution in [2.45, 2.75) is 0 Å². The Hall–Kier alpha value is -1.91.